The maximum Gasteiger partial charge on any atom is 0.244 e. The van der Waals surface area contributed by atoms with E-state index in [2.05, 4.69) is 25.2 Å². The zero-order chi connectivity index (χ0) is 18.0. The van der Waals surface area contributed by atoms with Gasteiger partial charge in [-0.05, 0) is 43.7 Å². The number of benzene rings is 1. The minimum atomic E-state index is -0.0671. The van der Waals surface area contributed by atoms with Crippen LogP contribution in [-0.4, -0.2) is 19.6 Å². The molecule has 0 saturated carbocycles. The summed E-state index contributed by atoms with van der Waals surface area (Å²) in [6, 6.07) is 4.07. The predicted molar refractivity (Wildman–Crippen MR) is 101 cm³/mol. The molecule has 1 aliphatic carbocycles. The number of fused-ring (bicyclic) bond motifs is 3. The molecule has 1 aliphatic rings. The van der Waals surface area contributed by atoms with Crippen LogP contribution in [0.2, 0.25) is 0 Å². The summed E-state index contributed by atoms with van der Waals surface area (Å²) >= 11 is 0. The Bertz CT molecular complexity index is 814. The van der Waals surface area contributed by atoms with E-state index in [1.54, 1.807) is 13.2 Å². The summed E-state index contributed by atoms with van der Waals surface area (Å²) in [5.41, 5.74) is 4.04. The van der Waals surface area contributed by atoms with Gasteiger partial charge in [0.15, 0.2) is 0 Å². The molecule has 4 heteroatoms. The molecule has 134 valence electrons. The van der Waals surface area contributed by atoms with Crippen molar-refractivity contribution in [1.82, 2.24) is 5.32 Å². The van der Waals surface area contributed by atoms with E-state index in [0.717, 1.165) is 46.5 Å². The average molecular weight is 341 g/mol. The quantitative estimate of drug-likeness (QED) is 0.815. The Labute approximate surface area is 149 Å². The number of allylic oxidation sites excluding steroid dienone is 1. The molecule has 3 rings (SSSR count). The van der Waals surface area contributed by atoms with Crippen LogP contribution in [0.25, 0.3) is 16.5 Å². The zero-order valence-corrected chi connectivity index (χ0v) is 15.6. The molecular formula is C21H27NO3. The lowest BCUT2D eigenvalue weighted by molar-refractivity contribution is -0.116. The highest BCUT2D eigenvalue weighted by molar-refractivity contribution is 5.97. The van der Waals surface area contributed by atoms with Crippen LogP contribution in [-0.2, 0) is 17.6 Å². The van der Waals surface area contributed by atoms with Gasteiger partial charge in [-0.3, -0.25) is 4.79 Å². The number of aryl methyl sites for hydroxylation is 2. The second-order valence-corrected chi connectivity index (χ2v) is 7.23. The Kier molecular flexibility index (Phi) is 5.16. The van der Waals surface area contributed by atoms with Gasteiger partial charge in [-0.1, -0.05) is 13.8 Å². The number of carbonyl (C=O) groups excluding carboxylic acids is 1. The summed E-state index contributed by atoms with van der Waals surface area (Å²) in [5.74, 6) is 2.21. The van der Waals surface area contributed by atoms with Crippen molar-refractivity contribution in [3.8, 4) is 5.75 Å². The molecule has 0 fully saturated rings. The van der Waals surface area contributed by atoms with Crippen molar-refractivity contribution in [3.05, 3.63) is 35.1 Å². The van der Waals surface area contributed by atoms with E-state index < -0.39 is 0 Å². The first-order chi connectivity index (χ1) is 12.0. The fourth-order valence-corrected chi connectivity index (χ4v) is 3.40. The van der Waals surface area contributed by atoms with Crippen LogP contribution in [0.5, 0.6) is 5.75 Å². The standard InChI is InChI=1S/C21H27NO3/c1-13(2)12-22-21(23)9-14(3)16-10-17-15-7-5-6-8-18(15)25-20(17)11-19(16)24-4/h9-11,13H,5-8,12H2,1-4H3,(H,22,23)/b14-9+. The van der Waals surface area contributed by atoms with Crippen molar-refractivity contribution in [2.75, 3.05) is 13.7 Å². The highest BCUT2D eigenvalue weighted by Gasteiger charge is 2.20. The van der Waals surface area contributed by atoms with E-state index in [-0.39, 0.29) is 5.91 Å². The molecule has 1 aromatic heterocycles. The van der Waals surface area contributed by atoms with Gasteiger partial charge in [0.25, 0.3) is 0 Å². The zero-order valence-electron chi connectivity index (χ0n) is 15.6. The summed E-state index contributed by atoms with van der Waals surface area (Å²) in [6.45, 7) is 6.78. The number of ether oxygens (including phenoxy) is 1. The first-order valence-corrected chi connectivity index (χ1v) is 9.08. The Morgan fingerprint density at radius 3 is 2.80 bits per heavy atom. The number of carbonyl (C=O) groups is 1. The number of methoxy groups -OCH3 is 1. The van der Waals surface area contributed by atoms with Gasteiger partial charge < -0.3 is 14.5 Å². The molecule has 0 saturated heterocycles. The van der Waals surface area contributed by atoms with Crippen molar-refractivity contribution in [2.45, 2.75) is 46.5 Å². The second-order valence-electron chi connectivity index (χ2n) is 7.23. The average Bonchev–Trinajstić information content (AvgIpc) is 2.96. The SMILES string of the molecule is COc1cc2oc3c(c2cc1/C(C)=C/C(=O)NCC(C)C)CCCC3. The Morgan fingerprint density at radius 1 is 1.32 bits per heavy atom. The second kappa shape index (κ2) is 7.34. The Balaban J connectivity index is 1.97. The molecule has 0 radical (unpaired) electrons. The molecule has 1 amide bonds. The van der Waals surface area contributed by atoms with Crippen molar-refractivity contribution >= 4 is 22.4 Å². The van der Waals surface area contributed by atoms with Crippen LogP contribution in [0.1, 0.15) is 50.5 Å². The van der Waals surface area contributed by atoms with E-state index in [1.165, 1.54) is 18.4 Å². The molecule has 25 heavy (non-hydrogen) atoms. The molecule has 0 bridgehead atoms. The van der Waals surface area contributed by atoms with Crippen molar-refractivity contribution in [3.63, 3.8) is 0 Å². The Morgan fingerprint density at radius 2 is 2.08 bits per heavy atom. The van der Waals surface area contributed by atoms with E-state index in [1.807, 2.05) is 13.0 Å². The smallest absolute Gasteiger partial charge is 0.244 e. The van der Waals surface area contributed by atoms with Crippen molar-refractivity contribution < 1.29 is 13.9 Å². The van der Waals surface area contributed by atoms with E-state index in [4.69, 9.17) is 9.15 Å². The normalized spacial score (nSPS) is 14.7. The molecule has 0 atom stereocenters. The number of furan rings is 1. The van der Waals surface area contributed by atoms with E-state index >= 15 is 0 Å². The minimum absolute atomic E-state index is 0.0671. The van der Waals surface area contributed by atoms with Crippen LogP contribution >= 0.6 is 0 Å². The minimum Gasteiger partial charge on any atom is -0.496 e. The topological polar surface area (TPSA) is 51.5 Å². The summed E-state index contributed by atoms with van der Waals surface area (Å²) in [7, 11) is 1.65. The number of rotatable bonds is 5. The molecule has 2 aromatic rings. The van der Waals surface area contributed by atoms with E-state index in [0.29, 0.717) is 12.5 Å². The highest BCUT2D eigenvalue weighted by atomic mass is 16.5. The third-order valence-electron chi connectivity index (χ3n) is 4.73. The van der Waals surface area contributed by atoms with Crippen LogP contribution < -0.4 is 10.1 Å². The maximum atomic E-state index is 12.1. The summed E-state index contributed by atoms with van der Waals surface area (Å²) in [4.78, 5) is 12.1. The van der Waals surface area contributed by atoms with E-state index in [9.17, 15) is 4.79 Å². The van der Waals surface area contributed by atoms with Gasteiger partial charge in [0, 0.05) is 41.6 Å². The summed E-state index contributed by atoms with van der Waals surface area (Å²) in [6.07, 6.45) is 6.11. The van der Waals surface area contributed by atoms with Gasteiger partial charge in [0.1, 0.15) is 17.1 Å². The summed E-state index contributed by atoms with van der Waals surface area (Å²) in [5, 5.41) is 4.08. The van der Waals surface area contributed by atoms with Gasteiger partial charge >= 0.3 is 0 Å². The molecule has 0 aliphatic heterocycles. The van der Waals surface area contributed by atoms with Crippen LogP contribution in [0.4, 0.5) is 0 Å². The largest absolute Gasteiger partial charge is 0.496 e. The number of amides is 1. The lowest BCUT2D eigenvalue weighted by Crippen LogP contribution is -2.25. The van der Waals surface area contributed by atoms with Gasteiger partial charge in [-0.2, -0.15) is 0 Å². The third-order valence-corrected chi connectivity index (χ3v) is 4.73. The third kappa shape index (κ3) is 3.73. The monoisotopic (exact) mass is 341 g/mol. The maximum absolute atomic E-state index is 12.1. The molecular weight excluding hydrogens is 314 g/mol. The molecule has 0 unspecified atom stereocenters. The first kappa shape index (κ1) is 17.6. The molecule has 1 N–H and O–H groups in total. The lowest BCUT2D eigenvalue weighted by atomic mass is 9.94. The van der Waals surface area contributed by atoms with Crippen molar-refractivity contribution in [2.24, 2.45) is 5.92 Å². The summed E-state index contributed by atoms with van der Waals surface area (Å²) < 4.78 is 11.6. The number of hydrogen-bond acceptors (Lipinski definition) is 3. The van der Waals surface area contributed by atoms with Crippen LogP contribution in [0.15, 0.2) is 22.6 Å². The van der Waals surface area contributed by atoms with Crippen LogP contribution in [0, 0.1) is 5.92 Å². The number of nitrogens with one attached hydrogen (secondary N) is 1. The predicted octanol–water partition coefficient (Wildman–Crippen LogP) is 4.50. The van der Waals surface area contributed by atoms with Gasteiger partial charge in [0.05, 0.1) is 7.11 Å². The van der Waals surface area contributed by atoms with Crippen molar-refractivity contribution in [1.29, 1.82) is 0 Å². The fraction of sp³-hybridized carbons (Fsp3) is 0.476. The first-order valence-electron chi connectivity index (χ1n) is 9.08. The van der Waals surface area contributed by atoms with Gasteiger partial charge in [-0.25, -0.2) is 0 Å². The van der Waals surface area contributed by atoms with Gasteiger partial charge in [-0.15, -0.1) is 0 Å². The number of hydrogen-bond donors (Lipinski definition) is 1. The van der Waals surface area contributed by atoms with Crippen LogP contribution in [0.3, 0.4) is 0 Å². The fourth-order valence-electron chi connectivity index (χ4n) is 3.40. The van der Waals surface area contributed by atoms with Gasteiger partial charge in [0.2, 0.25) is 5.91 Å². The Hall–Kier alpha value is -2.23. The molecule has 4 nitrogen and oxygen atoms in total. The molecule has 0 spiro atoms. The molecule has 1 heterocycles. The molecule has 1 aromatic carbocycles. The highest BCUT2D eigenvalue weighted by Crippen LogP contribution is 2.37. The lowest BCUT2D eigenvalue weighted by Gasteiger charge is -2.11.